The maximum Gasteiger partial charge on any atom is 0.0499 e. The molecule has 0 amide bonds. The zero-order chi connectivity index (χ0) is 11.4. The van der Waals surface area contributed by atoms with E-state index < -0.39 is 0 Å². The molecule has 0 aliphatic heterocycles. The van der Waals surface area contributed by atoms with E-state index in [0.717, 1.165) is 11.8 Å². The molecule has 0 radical (unpaired) electrons. The van der Waals surface area contributed by atoms with Crippen LogP contribution in [0.5, 0.6) is 0 Å². The quantitative estimate of drug-likeness (QED) is 0.622. The van der Waals surface area contributed by atoms with E-state index >= 15 is 0 Å². The number of nitrogens with one attached hydrogen (secondary N) is 1. The summed E-state index contributed by atoms with van der Waals surface area (Å²) in [7, 11) is 0. The van der Waals surface area contributed by atoms with E-state index in [0.29, 0.717) is 6.04 Å². The van der Waals surface area contributed by atoms with E-state index in [-0.39, 0.29) is 0 Å². The molecule has 3 atom stereocenters. The van der Waals surface area contributed by atoms with Gasteiger partial charge < -0.3 is 0 Å². The van der Waals surface area contributed by atoms with Gasteiger partial charge in [-0.2, -0.15) is 11.3 Å². The standard InChI is InChI=1S/C13H22N2S/c1-2-10-5-3-4-6-12(10)13(15-14)11-7-8-16-9-11/h7-10,12-13,15H,2-6,14H2,1H3. The first-order chi connectivity index (χ1) is 7.86. The van der Waals surface area contributed by atoms with E-state index in [1.165, 1.54) is 37.7 Å². The molecule has 1 aliphatic rings. The van der Waals surface area contributed by atoms with Gasteiger partial charge in [-0.25, -0.2) is 0 Å². The average Bonchev–Trinajstić information content (AvgIpc) is 2.84. The SMILES string of the molecule is CCC1CCCCC1C(NN)c1ccsc1. The van der Waals surface area contributed by atoms with Crippen molar-refractivity contribution in [2.45, 2.75) is 45.1 Å². The predicted molar refractivity (Wildman–Crippen MR) is 70.1 cm³/mol. The number of hydrogen-bond acceptors (Lipinski definition) is 3. The molecule has 0 saturated heterocycles. The highest BCUT2D eigenvalue weighted by molar-refractivity contribution is 7.07. The van der Waals surface area contributed by atoms with E-state index in [4.69, 9.17) is 5.84 Å². The Morgan fingerprint density at radius 1 is 1.50 bits per heavy atom. The second kappa shape index (κ2) is 5.80. The lowest BCUT2D eigenvalue weighted by Gasteiger charge is -2.36. The van der Waals surface area contributed by atoms with Gasteiger partial charge in [-0.1, -0.05) is 32.6 Å². The summed E-state index contributed by atoms with van der Waals surface area (Å²) < 4.78 is 0. The summed E-state index contributed by atoms with van der Waals surface area (Å²) in [6.45, 7) is 2.31. The van der Waals surface area contributed by atoms with Gasteiger partial charge >= 0.3 is 0 Å². The molecule has 1 saturated carbocycles. The van der Waals surface area contributed by atoms with Gasteiger partial charge in [0.1, 0.15) is 0 Å². The molecule has 3 N–H and O–H groups in total. The zero-order valence-corrected chi connectivity index (χ0v) is 10.8. The van der Waals surface area contributed by atoms with Crippen molar-refractivity contribution in [3.05, 3.63) is 22.4 Å². The molecule has 0 spiro atoms. The first-order valence-corrected chi connectivity index (χ1v) is 7.29. The average molecular weight is 238 g/mol. The normalized spacial score (nSPS) is 27.9. The summed E-state index contributed by atoms with van der Waals surface area (Å²) in [5.41, 5.74) is 4.42. The predicted octanol–water partition coefficient (Wildman–Crippen LogP) is 3.47. The Kier molecular flexibility index (Phi) is 4.38. The summed E-state index contributed by atoms with van der Waals surface area (Å²) in [5, 5.41) is 4.37. The second-order valence-corrected chi connectivity index (χ2v) is 5.60. The Labute approximate surface area is 102 Å². The van der Waals surface area contributed by atoms with Gasteiger partial charge in [-0.3, -0.25) is 11.3 Å². The summed E-state index contributed by atoms with van der Waals surface area (Å²) in [6, 6.07) is 2.56. The molecular weight excluding hydrogens is 216 g/mol. The lowest BCUT2D eigenvalue weighted by atomic mass is 9.73. The van der Waals surface area contributed by atoms with Crippen LogP contribution in [0.1, 0.15) is 50.6 Å². The minimum Gasteiger partial charge on any atom is -0.271 e. The molecule has 1 aromatic rings. The van der Waals surface area contributed by atoms with Crippen LogP contribution in [0, 0.1) is 11.8 Å². The molecular formula is C13H22N2S. The van der Waals surface area contributed by atoms with E-state index in [1.807, 2.05) is 0 Å². The molecule has 3 unspecified atom stereocenters. The molecule has 2 rings (SSSR count). The van der Waals surface area contributed by atoms with Crippen molar-refractivity contribution >= 4 is 11.3 Å². The minimum absolute atomic E-state index is 0.358. The van der Waals surface area contributed by atoms with E-state index in [9.17, 15) is 0 Å². The second-order valence-electron chi connectivity index (χ2n) is 4.82. The van der Waals surface area contributed by atoms with E-state index in [1.54, 1.807) is 11.3 Å². The summed E-state index contributed by atoms with van der Waals surface area (Å²) >= 11 is 1.76. The minimum atomic E-state index is 0.358. The van der Waals surface area contributed by atoms with Gasteiger partial charge in [0.05, 0.1) is 0 Å². The molecule has 3 heteroatoms. The zero-order valence-electron chi connectivity index (χ0n) is 9.99. The molecule has 16 heavy (non-hydrogen) atoms. The van der Waals surface area contributed by atoms with Crippen LogP contribution in [0.15, 0.2) is 16.8 Å². The third kappa shape index (κ3) is 2.47. The molecule has 1 aromatic heterocycles. The Hall–Kier alpha value is -0.380. The van der Waals surface area contributed by atoms with Crippen LogP contribution in [0.3, 0.4) is 0 Å². The number of hydrazine groups is 1. The van der Waals surface area contributed by atoms with Gasteiger partial charge in [0.25, 0.3) is 0 Å². The van der Waals surface area contributed by atoms with Gasteiger partial charge in [-0.15, -0.1) is 0 Å². The molecule has 1 heterocycles. The third-order valence-corrected chi connectivity index (χ3v) is 4.70. The maximum atomic E-state index is 5.77. The number of rotatable bonds is 4. The summed E-state index contributed by atoms with van der Waals surface area (Å²) in [4.78, 5) is 0. The lowest BCUT2D eigenvalue weighted by Crippen LogP contribution is -2.37. The van der Waals surface area contributed by atoms with Crippen LogP contribution in [-0.4, -0.2) is 0 Å². The first kappa shape index (κ1) is 12.1. The van der Waals surface area contributed by atoms with Crippen molar-refractivity contribution in [2.24, 2.45) is 17.7 Å². The molecule has 0 aromatic carbocycles. The van der Waals surface area contributed by atoms with Gasteiger partial charge in [0.15, 0.2) is 0 Å². The number of hydrogen-bond donors (Lipinski definition) is 2. The summed E-state index contributed by atoms with van der Waals surface area (Å²) in [5.74, 6) is 7.33. The Bertz CT molecular complexity index is 297. The van der Waals surface area contributed by atoms with Gasteiger partial charge in [-0.05, 0) is 40.6 Å². The highest BCUT2D eigenvalue weighted by Gasteiger charge is 2.31. The molecule has 1 fully saturated rings. The monoisotopic (exact) mass is 238 g/mol. The van der Waals surface area contributed by atoms with Crippen LogP contribution in [0.2, 0.25) is 0 Å². The van der Waals surface area contributed by atoms with Gasteiger partial charge in [0.2, 0.25) is 0 Å². The van der Waals surface area contributed by atoms with Crippen molar-refractivity contribution in [3.63, 3.8) is 0 Å². The lowest BCUT2D eigenvalue weighted by molar-refractivity contribution is 0.176. The Balaban J connectivity index is 2.13. The van der Waals surface area contributed by atoms with Crippen LogP contribution >= 0.6 is 11.3 Å². The highest BCUT2D eigenvalue weighted by atomic mass is 32.1. The number of nitrogens with two attached hydrogens (primary N) is 1. The fraction of sp³-hybridized carbons (Fsp3) is 0.692. The summed E-state index contributed by atoms with van der Waals surface area (Å²) in [6.07, 6.45) is 6.75. The fourth-order valence-electron chi connectivity index (χ4n) is 3.10. The third-order valence-electron chi connectivity index (χ3n) is 4.00. The van der Waals surface area contributed by atoms with Crippen molar-refractivity contribution < 1.29 is 0 Å². The molecule has 90 valence electrons. The molecule has 0 bridgehead atoms. The highest BCUT2D eigenvalue weighted by Crippen LogP contribution is 2.40. The van der Waals surface area contributed by atoms with Crippen molar-refractivity contribution in [2.75, 3.05) is 0 Å². The van der Waals surface area contributed by atoms with E-state index in [2.05, 4.69) is 29.2 Å². The fourth-order valence-corrected chi connectivity index (χ4v) is 3.80. The number of thiophene rings is 1. The van der Waals surface area contributed by atoms with Crippen LogP contribution in [0.25, 0.3) is 0 Å². The van der Waals surface area contributed by atoms with Gasteiger partial charge in [0, 0.05) is 6.04 Å². The molecule has 1 aliphatic carbocycles. The van der Waals surface area contributed by atoms with Crippen LogP contribution in [-0.2, 0) is 0 Å². The largest absolute Gasteiger partial charge is 0.271 e. The Morgan fingerprint density at radius 3 is 2.94 bits per heavy atom. The maximum absolute atomic E-state index is 5.77. The van der Waals surface area contributed by atoms with Crippen LogP contribution < -0.4 is 11.3 Å². The van der Waals surface area contributed by atoms with Crippen molar-refractivity contribution in [1.82, 2.24) is 5.43 Å². The topological polar surface area (TPSA) is 38.0 Å². The van der Waals surface area contributed by atoms with Crippen LogP contribution in [0.4, 0.5) is 0 Å². The smallest absolute Gasteiger partial charge is 0.0499 e. The van der Waals surface area contributed by atoms with Crippen molar-refractivity contribution in [1.29, 1.82) is 0 Å². The first-order valence-electron chi connectivity index (χ1n) is 6.35. The Morgan fingerprint density at radius 2 is 2.31 bits per heavy atom. The molecule has 2 nitrogen and oxygen atoms in total. The van der Waals surface area contributed by atoms with Crippen molar-refractivity contribution in [3.8, 4) is 0 Å².